The lowest BCUT2D eigenvalue weighted by molar-refractivity contribution is -0.155. The van der Waals surface area contributed by atoms with Crippen molar-refractivity contribution in [3.63, 3.8) is 0 Å². The van der Waals surface area contributed by atoms with Crippen LogP contribution in [0.3, 0.4) is 0 Å². The zero-order chi connectivity index (χ0) is 30.9. The van der Waals surface area contributed by atoms with Gasteiger partial charge in [0.25, 0.3) is 0 Å². The molecule has 9 nitrogen and oxygen atoms in total. The summed E-state index contributed by atoms with van der Waals surface area (Å²) in [5.74, 6) is 0.0219. The van der Waals surface area contributed by atoms with E-state index in [4.69, 9.17) is 9.47 Å². The zero-order valence-electron chi connectivity index (χ0n) is 25.6. The zero-order valence-corrected chi connectivity index (χ0v) is 28.6. The first-order chi connectivity index (χ1) is 19.1. The molecule has 41 heavy (non-hydrogen) atoms. The molecule has 0 bridgehead atoms. The molecule has 0 spiro atoms. The van der Waals surface area contributed by atoms with Crippen LogP contribution in [0.5, 0.6) is 0 Å². The molecule has 1 aromatic rings. The smallest absolute Gasteiger partial charge is 0.407 e. The van der Waals surface area contributed by atoms with E-state index in [0.29, 0.717) is 19.5 Å². The summed E-state index contributed by atoms with van der Waals surface area (Å²) < 4.78 is 11.8. The van der Waals surface area contributed by atoms with E-state index in [1.165, 1.54) is 9.13 Å². The summed E-state index contributed by atoms with van der Waals surface area (Å²) >= 11 is 2.28. The van der Waals surface area contributed by atoms with E-state index in [0.717, 1.165) is 37.9 Å². The molecular weight excluding hydrogens is 657 g/mol. The highest BCUT2D eigenvalue weighted by atomic mass is 127. The maximum Gasteiger partial charge on any atom is 0.407 e. The van der Waals surface area contributed by atoms with Gasteiger partial charge in [0, 0.05) is 35.3 Å². The predicted octanol–water partition coefficient (Wildman–Crippen LogP) is 4.93. The molecule has 234 valence electrons. The average molecular weight is 708 g/mol. The molecule has 11 heteroatoms. The van der Waals surface area contributed by atoms with Crippen LogP contribution in [0.2, 0.25) is 0 Å². The van der Waals surface area contributed by atoms with Gasteiger partial charge in [0.1, 0.15) is 18.2 Å². The van der Waals surface area contributed by atoms with Crippen molar-refractivity contribution < 1.29 is 28.7 Å². The van der Waals surface area contributed by atoms with Crippen molar-refractivity contribution in [1.29, 1.82) is 0 Å². The Hall–Kier alpha value is -2.02. The summed E-state index contributed by atoms with van der Waals surface area (Å²) in [5, 5.41) is 8.40. The van der Waals surface area contributed by atoms with Crippen molar-refractivity contribution in [2.75, 3.05) is 44.2 Å². The van der Waals surface area contributed by atoms with Gasteiger partial charge in [-0.3, -0.25) is 14.4 Å². The lowest BCUT2D eigenvalue weighted by Crippen LogP contribution is -2.47. The highest BCUT2D eigenvalue weighted by Gasteiger charge is 2.24. The lowest BCUT2D eigenvalue weighted by atomic mass is 10.1. The number of benzene rings is 1. The van der Waals surface area contributed by atoms with Gasteiger partial charge < -0.3 is 25.4 Å². The number of carbonyl (C=O) groups excluding carboxylic acids is 4. The number of aryl methyl sites for hydroxylation is 1. The number of hydrogen-bond donors (Lipinski definition) is 3. The standard InChI is InChI=1S/C30H50IN3O6S/c1-30(2,3)40-27(36)18-17-25(34-29(38)39-21-22-41(4,5)6)28(37)33-20-9-7-8-19-32-26(35)12-10-11-23-13-15-24(31)16-14-23/h13-16,25H,7-12,17-22H2,1-6H3,(H,32,35)(H,33,37)(H,34,38)/t25-/m0/s1. The van der Waals surface area contributed by atoms with Crippen molar-refractivity contribution in [3.8, 4) is 0 Å². The van der Waals surface area contributed by atoms with E-state index < -0.39 is 33.7 Å². The molecule has 3 N–H and O–H groups in total. The fourth-order valence-corrected chi connectivity index (χ4v) is 4.62. The third-order valence-electron chi connectivity index (χ3n) is 5.85. The Bertz CT molecular complexity index is 960. The minimum absolute atomic E-state index is 0.00775. The number of unbranched alkanes of at least 4 members (excludes halogenated alkanes) is 2. The second kappa shape index (κ2) is 19.2. The first-order valence-electron chi connectivity index (χ1n) is 14.2. The van der Waals surface area contributed by atoms with Crippen LogP contribution >= 0.6 is 32.6 Å². The van der Waals surface area contributed by atoms with Crippen LogP contribution in [-0.2, 0) is 30.3 Å². The molecule has 0 aliphatic heterocycles. The van der Waals surface area contributed by atoms with Gasteiger partial charge >= 0.3 is 12.1 Å². The van der Waals surface area contributed by atoms with Gasteiger partial charge in [0.05, 0.1) is 0 Å². The van der Waals surface area contributed by atoms with E-state index in [9.17, 15) is 19.2 Å². The normalized spacial score (nSPS) is 12.7. The molecule has 0 radical (unpaired) electrons. The molecular formula is C30H50IN3O6S. The second-order valence-electron chi connectivity index (χ2n) is 11.9. The Balaban J connectivity index is 2.34. The number of rotatable bonds is 18. The largest absolute Gasteiger partial charge is 0.460 e. The summed E-state index contributed by atoms with van der Waals surface area (Å²) in [7, 11) is -0.815. The molecule has 1 atom stereocenters. The molecule has 0 heterocycles. The first kappa shape index (κ1) is 37.0. The van der Waals surface area contributed by atoms with Crippen LogP contribution in [0.25, 0.3) is 0 Å². The highest BCUT2D eigenvalue weighted by molar-refractivity contribution is 14.1. The van der Waals surface area contributed by atoms with Gasteiger partial charge in [-0.15, -0.1) is 0 Å². The summed E-state index contributed by atoms with van der Waals surface area (Å²) in [6, 6.07) is 7.43. The average Bonchev–Trinajstić information content (AvgIpc) is 2.85. The molecule has 0 saturated carbocycles. The number of ether oxygens (including phenoxy) is 2. The van der Waals surface area contributed by atoms with Gasteiger partial charge in [-0.05, 0) is 118 Å². The number of hydrogen-bond acceptors (Lipinski definition) is 6. The Labute approximate surface area is 261 Å². The van der Waals surface area contributed by atoms with E-state index in [-0.39, 0.29) is 31.3 Å². The van der Waals surface area contributed by atoms with Crippen LogP contribution in [0.15, 0.2) is 24.3 Å². The van der Waals surface area contributed by atoms with Crippen LogP contribution in [0.1, 0.15) is 71.3 Å². The maximum absolute atomic E-state index is 12.8. The third kappa shape index (κ3) is 20.5. The minimum atomic E-state index is -0.907. The van der Waals surface area contributed by atoms with E-state index >= 15 is 0 Å². The van der Waals surface area contributed by atoms with Crippen molar-refractivity contribution in [1.82, 2.24) is 16.0 Å². The van der Waals surface area contributed by atoms with Crippen LogP contribution in [-0.4, -0.2) is 79.7 Å². The molecule has 0 aliphatic carbocycles. The van der Waals surface area contributed by atoms with E-state index in [1.54, 1.807) is 20.8 Å². The van der Waals surface area contributed by atoms with Crippen LogP contribution < -0.4 is 16.0 Å². The van der Waals surface area contributed by atoms with Crippen molar-refractivity contribution in [3.05, 3.63) is 33.4 Å². The van der Waals surface area contributed by atoms with Crippen LogP contribution in [0, 0.1) is 3.57 Å². The molecule has 0 aromatic heterocycles. The molecule has 0 saturated heterocycles. The topological polar surface area (TPSA) is 123 Å². The van der Waals surface area contributed by atoms with Gasteiger partial charge in [0.2, 0.25) is 11.8 Å². The van der Waals surface area contributed by atoms with Crippen molar-refractivity contribution in [2.24, 2.45) is 0 Å². The summed E-state index contributed by atoms with van der Waals surface area (Å²) in [4.78, 5) is 49.4. The van der Waals surface area contributed by atoms with E-state index in [1.807, 2.05) is 0 Å². The number of halogens is 1. The number of esters is 1. The fourth-order valence-electron chi connectivity index (χ4n) is 3.67. The first-order valence-corrected chi connectivity index (χ1v) is 18.4. The van der Waals surface area contributed by atoms with Crippen molar-refractivity contribution in [2.45, 2.75) is 83.8 Å². The Morgan fingerprint density at radius 3 is 2.15 bits per heavy atom. The van der Waals surface area contributed by atoms with Gasteiger partial charge in [-0.2, -0.15) is 0 Å². The number of carbonyl (C=O) groups is 4. The minimum Gasteiger partial charge on any atom is -0.460 e. The summed E-state index contributed by atoms with van der Waals surface area (Å²) in [6.07, 6.45) is 10.4. The van der Waals surface area contributed by atoms with Gasteiger partial charge in [-0.1, -0.05) is 12.1 Å². The van der Waals surface area contributed by atoms with Gasteiger partial charge in [0.15, 0.2) is 0 Å². The van der Waals surface area contributed by atoms with Crippen molar-refractivity contribution >= 4 is 56.5 Å². The fraction of sp³-hybridized carbons (Fsp3) is 0.667. The van der Waals surface area contributed by atoms with Gasteiger partial charge in [-0.25, -0.2) is 14.8 Å². The highest BCUT2D eigenvalue weighted by Crippen LogP contribution is 2.33. The lowest BCUT2D eigenvalue weighted by Gasteiger charge is -2.25. The summed E-state index contributed by atoms with van der Waals surface area (Å²) in [5.41, 5.74) is 0.609. The Morgan fingerprint density at radius 2 is 1.54 bits per heavy atom. The predicted molar refractivity (Wildman–Crippen MR) is 176 cm³/mol. The number of nitrogens with one attached hydrogen (secondary N) is 3. The molecule has 0 unspecified atom stereocenters. The molecule has 0 fully saturated rings. The maximum atomic E-state index is 12.8. The number of alkyl carbamates (subject to hydrolysis) is 1. The third-order valence-corrected chi connectivity index (χ3v) is 7.96. The number of amides is 3. The molecule has 3 amide bonds. The Kier molecular flexibility index (Phi) is 17.4. The second-order valence-corrected chi connectivity index (χ2v) is 17.8. The summed E-state index contributed by atoms with van der Waals surface area (Å²) in [6.45, 7) is 6.63. The molecule has 1 rings (SSSR count). The van der Waals surface area contributed by atoms with E-state index in [2.05, 4.69) is 81.6 Å². The van der Waals surface area contributed by atoms with Crippen LogP contribution in [0.4, 0.5) is 4.79 Å². The monoisotopic (exact) mass is 707 g/mol. The molecule has 1 aromatic carbocycles. The SMILES string of the molecule is CC(C)(C)OC(=O)CC[C@H](NC(=O)OCCS(C)(C)C)C(=O)NCCCCCNC(=O)CCCc1ccc(I)cc1. The quantitative estimate of drug-likeness (QED) is 0.113. The molecule has 0 aliphatic rings. The Morgan fingerprint density at radius 1 is 0.902 bits per heavy atom.